The predicted octanol–water partition coefficient (Wildman–Crippen LogP) is 0.660. The molecule has 0 fully saturated rings. The molecule has 0 aliphatic carbocycles. The molecule has 0 atom stereocenters. The summed E-state index contributed by atoms with van der Waals surface area (Å²) in [5, 5.41) is 6.17. The number of carbonyl (C=O) groups is 1. The van der Waals surface area contributed by atoms with Crippen LogP contribution >= 0.6 is 0 Å². The minimum atomic E-state index is 0.0307. The van der Waals surface area contributed by atoms with E-state index >= 15 is 0 Å². The molecule has 0 aromatic carbocycles. The number of hydrogen-bond donors (Lipinski definition) is 2. The molecular weight excluding hydrogens is 214 g/mol. The van der Waals surface area contributed by atoms with E-state index in [4.69, 9.17) is 0 Å². The molecule has 17 heavy (non-hydrogen) atoms. The Morgan fingerprint density at radius 3 is 3.12 bits per heavy atom. The van der Waals surface area contributed by atoms with Crippen LogP contribution in [0.3, 0.4) is 0 Å². The summed E-state index contributed by atoms with van der Waals surface area (Å²) in [6.07, 6.45) is 5.22. The van der Waals surface area contributed by atoms with Crippen molar-refractivity contribution < 1.29 is 4.79 Å². The van der Waals surface area contributed by atoms with Crippen LogP contribution in [0.25, 0.3) is 0 Å². The molecular formula is C13H17N3O. The first-order chi connectivity index (χ1) is 8.34. The summed E-state index contributed by atoms with van der Waals surface area (Å²) >= 11 is 0. The highest BCUT2D eigenvalue weighted by molar-refractivity contribution is 5.78. The largest absolute Gasteiger partial charge is 0.352 e. The summed E-state index contributed by atoms with van der Waals surface area (Å²) in [6.45, 7) is 2.57. The third-order valence-electron chi connectivity index (χ3n) is 2.74. The van der Waals surface area contributed by atoms with Crippen LogP contribution in [0.15, 0.2) is 36.0 Å². The van der Waals surface area contributed by atoms with Gasteiger partial charge in [0.2, 0.25) is 5.91 Å². The molecule has 4 nitrogen and oxygen atoms in total. The van der Waals surface area contributed by atoms with Gasteiger partial charge in [0.1, 0.15) is 0 Å². The van der Waals surface area contributed by atoms with E-state index in [9.17, 15) is 4.79 Å². The van der Waals surface area contributed by atoms with Crippen molar-refractivity contribution in [2.24, 2.45) is 0 Å². The standard InChI is InChI=1S/C13H17N3O/c17-13(9-12-3-1-2-6-15-12)16-10-11-4-7-14-8-5-11/h1-4,6,14H,5,7-10H2,(H,16,17). The van der Waals surface area contributed by atoms with Crippen LogP contribution < -0.4 is 10.6 Å². The van der Waals surface area contributed by atoms with Crippen molar-refractivity contribution in [3.05, 3.63) is 41.7 Å². The van der Waals surface area contributed by atoms with Crippen LogP contribution in [0.5, 0.6) is 0 Å². The molecule has 90 valence electrons. The lowest BCUT2D eigenvalue weighted by Gasteiger charge is -2.14. The highest BCUT2D eigenvalue weighted by Crippen LogP contribution is 2.02. The molecule has 0 bridgehead atoms. The van der Waals surface area contributed by atoms with Gasteiger partial charge in [0.25, 0.3) is 0 Å². The molecule has 2 N–H and O–H groups in total. The number of nitrogens with one attached hydrogen (secondary N) is 2. The lowest BCUT2D eigenvalue weighted by Crippen LogP contribution is -2.30. The summed E-state index contributed by atoms with van der Waals surface area (Å²) < 4.78 is 0. The van der Waals surface area contributed by atoms with Crippen LogP contribution in [0, 0.1) is 0 Å². The van der Waals surface area contributed by atoms with Crippen LogP contribution in [-0.2, 0) is 11.2 Å². The molecule has 0 saturated carbocycles. The van der Waals surface area contributed by atoms with Crippen molar-refractivity contribution in [3.63, 3.8) is 0 Å². The van der Waals surface area contributed by atoms with Crippen LogP contribution in [0.2, 0.25) is 0 Å². The van der Waals surface area contributed by atoms with E-state index in [1.165, 1.54) is 5.57 Å². The number of hydrogen-bond acceptors (Lipinski definition) is 3. The summed E-state index contributed by atoms with van der Waals surface area (Å²) in [6, 6.07) is 5.61. The second kappa shape index (κ2) is 6.15. The molecule has 2 rings (SSSR count). The van der Waals surface area contributed by atoms with Crippen LogP contribution in [0.4, 0.5) is 0 Å². The lowest BCUT2D eigenvalue weighted by molar-refractivity contribution is -0.120. The maximum atomic E-state index is 11.7. The number of rotatable bonds is 4. The highest BCUT2D eigenvalue weighted by atomic mass is 16.1. The molecule has 1 amide bonds. The zero-order valence-electron chi connectivity index (χ0n) is 9.78. The molecule has 1 aliphatic rings. The molecule has 2 heterocycles. The Morgan fingerprint density at radius 1 is 1.47 bits per heavy atom. The minimum Gasteiger partial charge on any atom is -0.352 e. The Labute approximate surface area is 101 Å². The zero-order chi connectivity index (χ0) is 11.9. The van der Waals surface area contributed by atoms with Gasteiger partial charge in [0, 0.05) is 25.0 Å². The Bertz CT molecular complexity index is 400. The first kappa shape index (κ1) is 11.8. The van der Waals surface area contributed by atoms with Gasteiger partial charge in [-0.25, -0.2) is 0 Å². The first-order valence-electron chi connectivity index (χ1n) is 5.90. The molecule has 0 radical (unpaired) electrons. The van der Waals surface area contributed by atoms with Gasteiger partial charge in [-0.3, -0.25) is 9.78 Å². The Balaban J connectivity index is 1.76. The average Bonchev–Trinajstić information content (AvgIpc) is 2.39. The molecule has 4 heteroatoms. The third kappa shape index (κ3) is 4.00. The molecule has 0 spiro atoms. The van der Waals surface area contributed by atoms with E-state index in [0.29, 0.717) is 13.0 Å². The smallest absolute Gasteiger partial charge is 0.226 e. The normalized spacial score (nSPS) is 15.2. The van der Waals surface area contributed by atoms with E-state index in [1.54, 1.807) is 6.20 Å². The third-order valence-corrected chi connectivity index (χ3v) is 2.74. The zero-order valence-corrected chi connectivity index (χ0v) is 9.78. The van der Waals surface area contributed by atoms with Gasteiger partial charge >= 0.3 is 0 Å². The van der Waals surface area contributed by atoms with E-state index < -0.39 is 0 Å². The summed E-state index contributed by atoms with van der Waals surface area (Å²) in [5.41, 5.74) is 2.11. The van der Waals surface area contributed by atoms with Gasteiger partial charge in [-0.1, -0.05) is 17.7 Å². The Hall–Kier alpha value is -1.68. The number of pyridine rings is 1. The Morgan fingerprint density at radius 2 is 2.41 bits per heavy atom. The van der Waals surface area contributed by atoms with Gasteiger partial charge in [-0.2, -0.15) is 0 Å². The molecule has 0 saturated heterocycles. The number of aromatic nitrogens is 1. The molecule has 0 unspecified atom stereocenters. The maximum Gasteiger partial charge on any atom is 0.226 e. The van der Waals surface area contributed by atoms with E-state index in [1.807, 2.05) is 18.2 Å². The fraction of sp³-hybridized carbons (Fsp3) is 0.385. The molecule has 1 aliphatic heterocycles. The summed E-state index contributed by atoms with van der Waals surface area (Å²) in [7, 11) is 0. The van der Waals surface area contributed by atoms with Crippen LogP contribution in [-0.4, -0.2) is 30.5 Å². The van der Waals surface area contributed by atoms with Crippen molar-refractivity contribution in [2.75, 3.05) is 19.6 Å². The van der Waals surface area contributed by atoms with Crippen molar-refractivity contribution in [1.29, 1.82) is 0 Å². The summed E-state index contributed by atoms with van der Waals surface area (Å²) in [5.74, 6) is 0.0307. The lowest BCUT2D eigenvalue weighted by atomic mass is 10.1. The second-order valence-corrected chi connectivity index (χ2v) is 4.09. The predicted molar refractivity (Wildman–Crippen MR) is 66.5 cm³/mol. The topological polar surface area (TPSA) is 54.0 Å². The van der Waals surface area contributed by atoms with Crippen molar-refractivity contribution in [1.82, 2.24) is 15.6 Å². The van der Waals surface area contributed by atoms with E-state index in [-0.39, 0.29) is 5.91 Å². The first-order valence-corrected chi connectivity index (χ1v) is 5.90. The minimum absolute atomic E-state index is 0.0307. The van der Waals surface area contributed by atoms with E-state index in [0.717, 1.165) is 25.2 Å². The van der Waals surface area contributed by atoms with Gasteiger partial charge in [0.15, 0.2) is 0 Å². The number of nitrogens with zero attached hydrogens (tertiary/aromatic N) is 1. The van der Waals surface area contributed by atoms with Gasteiger partial charge < -0.3 is 10.6 Å². The van der Waals surface area contributed by atoms with E-state index in [2.05, 4.69) is 21.7 Å². The number of amides is 1. The maximum absolute atomic E-state index is 11.7. The Kier molecular flexibility index (Phi) is 4.27. The number of carbonyl (C=O) groups excluding carboxylic acids is 1. The average molecular weight is 231 g/mol. The van der Waals surface area contributed by atoms with Crippen molar-refractivity contribution in [3.8, 4) is 0 Å². The second-order valence-electron chi connectivity index (χ2n) is 4.09. The van der Waals surface area contributed by atoms with Crippen molar-refractivity contribution in [2.45, 2.75) is 12.8 Å². The summed E-state index contributed by atoms with van der Waals surface area (Å²) in [4.78, 5) is 15.8. The fourth-order valence-electron chi connectivity index (χ4n) is 1.77. The molecule has 1 aromatic heterocycles. The van der Waals surface area contributed by atoms with Gasteiger partial charge in [-0.05, 0) is 25.1 Å². The molecule has 1 aromatic rings. The fourth-order valence-corrected chi connectivity index (χ4v) is 1.77. The van der Waals surface area contributed by atoms with Gasteiger partial charge in [0.05, 0.1) is 6.42 Å². The monoisotopic (exact) mass is 231 g/mol. The van der Waals surface area contributed by atoms with Crippen LogP contribution in [0.1, 0.15) is 12.1 Å². The SMILES string of the molecule is O=C(Cc1ccccn1)NCC1=CCNCC1. The van der Waals surface area contributed by atoms with Gasteiger partial charge in [-0.15, -0.1) is 0 Å². The van der Waals surface area contributed by atoms with Crippen molar-refractivity contribution >= 4 is 5.91 Å². The quantitative estimate of drug-likeness (QED) is 0.748. The highest BCUT2D eigenvalue weighted by Gasteiger charge is 2.06.